The minimum Gasteiger partial charge on any atom is -0.495 e. The highest BCUT2D eigenvalue weighted by Gasteiger charge is 2.17. The lowest BCUT2D eigenvalue weighted by atomic mass is 10.1. The number of carbonyl (C=O) groups is 1. The molecule has 0 atom stereocenters. The predicted molar refractivity (Wildman–Crippen MR) is 101 cm³/mol. The van der Waals surface area contributed by atoms with Gasteiger partial charge in [0.15, 0.2) is 0 Å². The maximum absolute atomic E-state index is 12.6. The van der Waals surface area contributed by atoms with E-state index in [2.05, 4.69) is 15.9 Å². The molecule has 2 aromatic carbocycles. The number of rotatable bonds is 7. The van der Waals surface area contributed by atoms with Crippen LogP contribution in [0.4, 0.5) is 0 Å². The maximum Gasteiger partial charge on any atom is 0.253 e. The number of hydrogen-bond acceptors (Lipinski definition) is 4. The summed E-state index contributed by atoms with van der Waals surface area (Å²) in [7, 11) is 4.80. The van der Waals surface area contributed by atoms with Gasteiger partial charge in [0.1, 0.15) is 28.3 Å². The van der Waals surface area contributed by atoms with Crippen molar-refractivity contribution in [2.75, 3.05) is 34.4 Å². The van der Waals surface area contributed by atoms with E-state index >= 15 is 0 Å². The topological polar surface area (TPSA) is 48.0 Å². The molecule has 2 aromatic rings. The third kappa shape index (κ3) is 5.03. The van der Waals surface area contributed by atoms with Gasteiger partial charge in [-0.25, -0.2) is 0 Å². The lowest BCUT2D eigenvalue weighted by Crippen LogP contribution is -2.30. The second-order valence-corrected chi connectivity index (χ2v) is 6.45. The van der Waals surface area contributed by atoms with Crippen LogP contribution in [0.5, 0.6) is 17.2 Å². The van der Waals surface area contributed by atoms with Crippen LogP contribution < -0.4 is 14.2 Å². The summed E-state index contributed by atoms with van der Waals surface area (Å²) < 4.78 is 16.8. The van der Waals surface area contributed by atoms with E-state index in [-0.39, 0.29) is 5.91 Å². The molecule has 0 unspecified atom stereocenters. The average molecular weight is 429 g/mol. The van der Waals surface area contributed by atoms with Gasteiger partial charge in [0.25, 0.3) is 5.91 Å². The Hall–Kier alpha value is -1.92. The first kappa shape index (κ1) is 19.4. The number of amides is 1. The Kier molecular flexibility index (Phi) is 6.96. The van der Waals surface area contributed by atoms with Gasteiger partial charge in [-0.1, -0.05) is 11.6 Å². The first-order valence-electron chi connectivity index (χ1n) is 7.51. The van der Waals surface area contributed by atoms with E-state index in [0.29, 0.717) is 45.5 Å². The zero-order chi connectivity index (χ0) is 18.4. The molecule has 0 spiro atoms. The molecule has 0 aliphatic heterocycles. The molecule has 5 nitrogen and oxygen atoms in total. The number of methoxy groups -OCH3 is 2. The molecule has 0 heterocycles. The van der Waals surface area contributed by atoms with Crippen molar-refractivity contribution >= 4 is 33.4 Å². The van der Waals surface area contributed by atoms with Crippen molar-refractivity contribution in [3.05, 3.63) is 51.5 Å². The van der Waals surface area contributed by atoms with Crippen molar-refractivity contribution in [2.45, 2.75) is 0 Å². The molecule has 0 aromatic heterocycles. The molecule has 134 valence electrons. The molecular weight excluding hydrogens is 410 g/mol. The molecule has 0 aliphatic rings. The van der Waals surface area contributed by atoms with Gasteiger partial charge < -0.3 is 19.1 Å². The van der Waals surface area contributed by atoms with Gasteiger partial charge in [0.05, 0.1) is 20.8 Å². The van der Waals surface area contributed by atoms with E-state index in [1.165, 1.54) is 14.2 Å². The van der Waals surface area contributed by atoms with Crippen molar-refractivity contribution < 1.29 is 19.0 Å². The minimum absolute atomic E-state index is 0.149. The van der Waals surface area contributed by atoms with Crippen molar-refractivity contribution in [3.63, 3.8) is 0 Å². The van der Waals surface area contributed by atoms with Crippen LogP contribution in [0.3, 0.4) is 0 Å². The summed E-state index contributed by atoms with van der Waals surface area (Å²) >= 11 is 9.22. The summed E-state index contributed by atoms with van der Waals surface area (Å²) in [5.41, 5.74) is 0.478. The van der Waals surface area contributed by atoms with Crippen LogP contribution >= 0.6 is 27.5 Å². The van der Waals surface area contributed by atoms with Gasteiger partial charge in [-0.2, -0.15) is 0 Å². The highest BCUT2D eigenvalue weighted by molar-refractivity contribution is 9.10. The Labute approximate surface area is 160 Å². The summed E-state index contributed by atoms with van der Waals surface area (Å²) in [6.07, 6.45) is 0. The third-order valence-corrected chi connectivity index (χ3v) is 4.58. The van der Waals surface area contributed by atoms with Crippen LogP contribution in [0.15, 0.2) is 40.9 Å². The molecule has 0 saturated carbocycles. The molecule has 0 fully saturated rings. The van der Waals surface area contributed by atoms with Gasteiger partial charge in [-0.3, -0.25) is 4.79 Å². The SMILES string of the molecule is COc1cc(C(=O)N(C)CCOc2ccc(Cl)cc2)cc(OC)c1Br. The van der Waals surface area contributed by atoms with E-state index in [9.17, 15) is 4.79 Å². The summed E-state index contributed by atoms with van der Waals surface area (Å²) in [5.74, 6) is 1.63. The first-order valence-corrected chi connectivity index (χ1v) is 8.68. The van der Waals surface area contributed by atoms with E-state index in [0.717, 1.165) is 0 Å². The second kappa shape index (κ2) is 8.97. The lowest BCUT2D eigenvalue weighted by molar-refractivity contribution is 0.0773. The molecule has 1 amide bonds. The summed E-state index contributed by atoms with van der Waals surface area (Å²) in [6.45, 7) is 0.802. The van der Waals surface area contributed by atoms with Gasteiger partial charge in [-0.05, 0) is 52.3 Å². The fourth-order valence-corrected chi connectivity index (χ4v) is 2.82. The zero-order valence-corrected chi connectivity index (χ0v) is 16.6. The number of hydrogen-bond donors (Lipinski definition) is 0. The maximum atomic E-state index is 12.6. The summed E-state index contributed by atoms with van der Waals surface area (Å²) in [5, 5.41) is 0.651. The van der Waals surface area contributed by atoms with E-state index in [1.54, 1.807) is 48.3 Å². The molecule has 0 radical (unpaired) electrons. The molecule has 0 bridgehead atoms. The number of halogens is 2. The average Bonchev–Trinajstić information content (AvgIpc) is 2.62. The number of likely N-dealkylation sites (N-methyl/N-ethyl adjacent to an activating group) is 1. The number of benzene rings is 2. The van der Waals surface area contributed by atoms with Crippen LogP contribution in [0.1, 0.15) is 10.4 Å². The molecule has 0 N–H and O–H groups in total. The normalized spacial score (nSPS) is 10.3. The molecule has 2 rings (SSSR count). The predicted octanol–water partition coefficient (Wildman–Crippen LogP) is 4.27. The quantitative estimate of drug-likeness (QED) is 0.661. The van der Waals surface area contributed by atoms with Crippen molar-refractivity contribution in [2.24, 2.45) is 0 Å². The molecular formula is C18H19BrClNO4. The van der Waals surface area contributed by atoms with Crippen LogP contribution in [-0.2, 0) is 0 Å². The van der Waals surface area contributed by atoms with Crippen LogP contribution in [-0.4, -0.2) is 45.2 Å². The third-order valence-electron chi connectivity index (χ3n) is 3.55. The monoisotopic (exact) mass is 427 g/mol. The van der Waals surface area contributed by atoms with Crippen molar-refractivity contribution in [1.82, 2.24) is 4.90 Å². The Morgan fingerprint density at radius 3 is 2.20 bits per heavy atom. The van der Waals surface area contributed by atoms with Crippen LogP contribution in [0.2, 0.25) is 5.02 Å². The highest BCUT2D eigenvalue weighted by atomic mass is 79.9. The smallest absolute Gasteiger partial charge is 0.253 e. The highest BCUT2D eigenvalue weighted by Crippen LogP contribution is 2.35. The second-order valence-electron chi connectivity index (χ2n) is 5.22. The largest absolute Gasteiger partial charge is 0.495 e. The zero-order valence-electron chi connectivity index (χ0n) is 14.2. The lowest BCUT2D eigenvalue weighted by Gasteiger charge is -2.19. The Balaban J connectivity index is 2.00. The van der Waals surface area contributed by atoms with E-state index in [1.807, 2.05) is 0 Å². The fraction of sp³-hybridized carbons (Fsp3) is 0.278. The Morgan fingerprint density at radius 2 is 1.68 bits per heavy atom. The molecule has 0 aliphatic carbocycles. The summed E-state index contributed by atoms with van der Waals surface area (Å²) in [6, 6.07) is 10.4. The fourth-order valence-electron chi connectivity index (χ4n) is 2.15. The minimum atomic E-state index is -0.149. The summed E-state index contributed by atoms with van der Waals surface area (Å²) in [4.78, 5) is 14.2. The van der Waals surface area contributed by atoms with Gasteiger partial charge in [-0.15, -0.1) is 0 Å². The van der Waals surface area contributed by atoms with E-state index < -0.39 is 0 Å². The number of carbonyl (C=O) groups excluding carboxylic acids is 1. The van der Waals surface area contributed by atoms with Gasteiger partial charge in [0.2, 0.25) is 0 Å². The van der Waals surface area contributed by atoms with Crippen LogP contribution in [0, 0.1) is 0 Å². The first-order chi connectivity index (χ1) is 12.0. The van der Waals surface area contributed by atoms with Crippen molar-refractivity contribution in [1.29, 1.82) is 0 Å². The van der Waals surface area contributed by atoms with Gasteiger partial charge in [0, 0.05) is 17.6 Å². The molecule has 7 heteroatoms. The Bertz CT molecular complexity index is 711. The van der Waals surface area contributed by atoms with Crippen LogP contribution in [0.25, 0.3) is 0 Å². The standard InChI is InChI=1S/C18H19BrClNO4/c1-21(8-9-25-14-6-4-13(20)5-7-14)18(22)12-10-15(23-2)17(19)16(11-12)24-3/h4-7,10-11H,8-9H2,1-3H3. The molecule has 0 saturated heterocycles. The van der Waals surface area contributed by atoms with Crippen molar-refractivity contribution in [3.8, 4) is 17.2 Å². The number of ether oxygens (including phenoxy) is 3. The van der Waals surface area contributed by atoms with Gasteiger partial charge >= 0.3 is 0 Å². The van der Waals surface area contributed by atoms with E-state index in [4.69, 9.17) is 25.8 Å². The molecule has 25 heavy (non-hydrogen) atoms. The number of nitrogens with zero attached hydrogens (tertiary/aromatic N) is 1. The Morgan fingerprint density at radius 1 is 1.12 bits per heavy atom.